The number of benzene rings is 2. The Morgan fingerprint density at radius 1 is 0.905 bits per heavy atom. The summed E-state index contributed by atoms with van der Waals surface area (Å²) in [6, 6.07) is 16.9. The van der Waals surface area contributed by atoms with Gasteiger partial charge in [0.2, 0.25) is 0 Å². The van der Waals surface area contributed by atoms with Crippen molar-refractivity contribution in [2.75, 3.05) is 13.2 Å². The van der Waals surface area contributed by atoms with Crippen molar-refractivity contribution in [1.82, 2.24) is 0 Å². The van der Waals surface area contributed by atoms with E-state index in [1.807, 2.05) is 0 Å². The van der Waals surface area contributed by atoms with Gasteiger partial charge in [-0.1, -0.05) is 48.5 Å². The van der Waals surface area contributed by atoms with E-state index in [9.17, 15) is 0 Å². The second-order valence-corrected chi connectivity index (χ2v) is 5.39. The molecule has 0 unspecified atom stereocenters. The predicted molar refractivity (Wildman–Crippen MR) is 88.8 cm³/mol. The molecule has 0 saturated heterocycles. The molecule has 2 aromatic rings. The van der Waals surface area contributed by atoms with E-state index in [0.717, 1.165) is 38.0 Å². The Bertz CT molecular complexity index is 537. The van der Waals surface area contributed by atoms with Gasteiger partial charge in [0.25, 0.3) is 0 Å². The van der Waals surface area contributed by atoms with Gasteiger partial charge in [-0.05, 0) is 55.8 Å². The molecule has 0 fully saturated rings. The molecule has 0 radical (unpaired) electrons. The van der Waals surface area contributed by atoms with Gasteiger partial charge in [0, 0.05) is 0 Å². The largest absolute Gasteiger partial charge is 0.493 e. The van der Waals surface area contributed by atoms with E-state index in [0.29, 0.717) is 6.54 Å². The van der Waals surface area contributed by atoms with Crippen molar-refractivity contribution in [3.05, 3.63) is 65.2 Å². The molecule has 2 aromatic carbocycles. The molecule has 2 nitrogen and oxygen atoms in total. The first-order valence-electron chi connectivity index (χ1n) is 7.76. The van der Waals surface area contributed by atoms with Crippen LogP contribution in [0, 0.1) is 6.92 Å². The SMILES string of the molecule is Cc1cccc(CCN)c1OCCCCc1ccccc1. The zero-order valence-electron chi connectivity index (χ0n) is 12.8. The van der Waals surface area contributed by atoms with Crippen molar-refractivity contribution >= 4 is 0 Å². The Morgan fingerprint density at radius 2 is 1.71 bits per heavy atom. The van der Waals surface area contributed by atoms with Crippen LogP contribution in [0.2, 0.25) is 0 Å². The smallest absolute Gasteiger partial charge is 0.125 e. The average molecular weight is 283 g/mol. The molecule has 0 bridgehead atoms. The zero-order chi connectivity index (χ0) is 14.9. The van der Waals surface area contributed by atoms with Gasteiger partial charge in [0.1, 0.15) is 5.75 Å². The van der Waals surface area contributed by atoms with Crippen LogP contribution in [0.25, 0.3) is 0 Å². The summed E-state index contributed by atoms with van der Waals surface area (Å²) >= 11 is 0. The lowest BCUT2D eigenvalue weighted by molar-refractivity contribution is 0.302. The third-order valence-corrected chi connectivity index (χ3v) is 3.66. The summed E-state index contributed by atoms with van der Waals surface area (Å²) in [5.41, 5.74) is 9.49. The van der Waals surface area contributed by atoms with Gasteiger partial charge >= 0.3 is 0 Å². The summed E-state index contributed by atoms with van der Waals surface area (Å²) in [5.74, 6) is 1.03. The summed E-state index contributed by atoms with van der Waals surface area (Å²) in [6.45, 7) is 3.53. The first-order chi connectivity index (χ1) is 10.3. The maximum atomic E-state index is 6.00. The summed E-state index contributed by atoms with van der Waals surface area (Å²) in [6.07, 6.45) is 4.22. The van der Waals surface area contributed by atoms with Gasteiger partial charge in [0.05, 0.1) is 6.61 Å². The van der Waals surface area contributed by atoms with Gasteiger partial charge in [-0.2, -0.15) is 0 Å². The fourth-order valence-corrected chi connectivity index (χ4v) is 2.52. The van der Waals surface area contributed by atoms with E-state index >= 15 is 0 Å². The molecule has 0 amide bonds. The summed E-state index contributed by atoms with van der Waals surface area (Å²) in [4.78, 5) is 0. The lowest BCUT2D eigenvalue weighted by Crippen LogP contribution is -2.07. The summed E-state index contributed by atoms with van der Waals surface area (Å²) in [7, 11) is 0. The Morgan fingerprint density at radius 3 is 2.48 bits per heavy atom. The van der Waals surface area contributed by atoms with Crippen molar-refractivity contribution in [3.8, 4) is 5.75 Å². The second kappa shape index (κ2) is 8.48. The minimum Gasteiger partial charge on any atom is -0.493 e. The maximum absolute atomic E-state index is 6.00. The molecule has 0 aliphatic carbocycles. The Balaban J connectivity index is 1.78. The molecule has 0 atom stereocenters. The highest BCUT2D eigenvalue weighted by Gasteiger charge is 2.06. The molecule has 2 N–H and O–H groups in total. The number of para-hydroxylation sites is 1. The summed E-state index contributed by atoms with van der Waals surface area (Å²) < 4.78 is 6.00. The highest BCUT2D eigenvalue weighted by molar-refractivity contribution is 5.40. The number of hydrogen-bond acceptors (Lipinski definition) is 2. The number of unbranched alkanes of at least 4 members (excludes halogenated alkanes) is 1. The first kappa shape index (κ1) is 15.6. The minimum atomic E-state index is 0.661. The Kier molecular flexibility index (Phi) is 6.29. The topological polar surface area (TPSA) is 35.2 Å². The van der Waals surface area contributed by atoms with E-state index in [4.69, 9.17) is 10.5 Å². The van der Waals surface area contributed by atoms with Crippen LogP contribution in [0.3, 0.4) is 0 Å². The molecular formula is C19H25NO. The van der Waals surface area contributed by atoms with Crippen LogP contribution in [0.4, 0.5) is 0 Å². The number of ether oxygens (including phenoxy) is 1. The number of rotatable bonds is 8. The quantitative estimate of drug-likeness (QED) is 0.746. The Hall–Kier alpha value is -1.80. The molecule has 2 rings (SSSR count). The van der Waals surface area contributed by atoms with Crippen molar-refractivity contribution in [1.29, 1.82) is 0 Å². The van der Waals surface area contributed by atoms with E-state index in [1.165, 1.54) is 16.7 Å². The molecular weight excluding hydrogens is 258 g/mol. The van der Waals surface area contributed by atoms with Crippen molar-refractivity contribution in [3.63, 3.8) is 0 Å². The van der Waals surface area contributed by atoms with Gasteiger partial charge in [-0.3, -0.25) is 0 Å². The molecule has 0 aliphatic rings. The molecule has 0 aliphatic heterocycles. The highest BCUT2D eigenvalue weighted by Crippen LogP contribution is 2.24. The van der Waals surface area contributed by atoms with Gasteiger partial charge in [0.15, 0.2) is 0 Å². The maximum Gasteiger partial charge on any atom is 0.125 e. The first-order valence-corrected chi connectivity index (χ1v) is 7.76. The van der Waals surface area contributed by atoms with Crippen LogP contribution in [-0.4, -0.2) is 13.2 Å². The van der Waals surface area contributed by atoms with Gasteiger partial charge in [-0.15, -0.1) is 0 Å². The molecule has 0 heterocycles. The van der Waals surface area contributed by atoms with Crippen molar-refractivity contribution < 1.29 is 4.74 Å². The summed E-state index contributed by atoms with van der Waals surface area (Å²) in [5, 5.41) is 0. The van der Waals surface area contributed by atoms with Crippen molar-refractivity contribution in [2.45, 2.75) is 32.6 Å². The van der Waals surface area contributed by atoms with Crippen LogP contribution in [0.15, 0.2) is 48.5 Å². The second-order valence-electron chi connectivity index (χ2n) is 5.39. The predicted octanol–water partition coefficient (Wildman–Crippen LogP) is 3.90. The zero-order valence-corrected chi connectivity index (χ0v) is 12.8. The standard InChI is InChI=1S/C19H25NO/c1-16-8-7-12-18(13-14-20)19(16)21-15-6-5-11-17-9-3-2-4-10-17/h2-4,7-10,12H,5-6,11,13-15,20H2,1H3. The average Bonchev–Trinajstić information content (AvgIpc) is 2.51. The van der Waals surface area contributed by atoms with E-state index in [-0.39, 0.29) is 0 Å². The van der Waals surface area contributed by atoms with E-state index < -0.39 is 0 Å². The van der Waals surface area contributed by atoms with E-state index in [2.05, 4.69) is 55.5 Å². The molecule has 112 valence electrons. The fourth-order valence-electron chi connectivity index (χ4n) is 2.52. The minimum absolute atomic E-state index is 0.661. The van der Waals surface area contributed by atoms with Crippen LogP contribution < -0.4 is 10.5 Å². The van der Waals surface area contributed by atoms with E-state index in [1.54, 1.807) is 0 Å². The van der Waals surface area contributed by atoms with Crippen LogP contribution >= 0.6 is 0 Å². The molecule has 21 heavy (non-hydrogen) atoms. The molecule has 0 spiro atoms. The Labute approximate surface area is 127 Å². The number of aryl methyl sites for hydroxylation is 2. The molecule has 0 aromatic heterocycles. The molecule has 0 saturated carbocycles. The van der Waals surface area contributed by atoms with Gasteiger partial charge in [-0.25, -0.2) is 0 Å². The molecule has 2 heteroatoms. The number of nitrogens with two attached hydrogens (primary N) is 1. The fraction of sp³-hybridized carbons (Fsp3) is 0.368. The number of hydrogen-bond donors (Lipinski definition) is 1. The van der Waals surface area contributed by atoms with Crippen LogP contribution in [-0.2, 0) is 12.8 Å². The van der Waals surface area contributed by atoms with Gasteiger partial charge < -0.3 is 10.5 Å². The van der Waals surface area contributed by atoms with Crippen molar-refractivity contribution in [2.24, 2.45) is 5.73 Å². The lowest BCUT2D eigenvalue weighted by atomic mass is 10.1. The highest BCUT2D eigenvalue weighted by atomic mass is 16.5. The lowest BCUT2D eigenvalue weighted by Gasteiger charge is -2.13. The van der Waals surface area contributed by atoms with Crippen LogP contribution in [0.5, 0.6) is 5.75 Å². The third kappa shape index (κ3) is 4.91. The third-order valence-electron chi connectivity index (χ3n) is 3.66. The van der Waals surface area contributed by atoms with Crippen LogP contribution in [0.1, 0.15) is 29.5 Å². The normalized spacial score (nSPS) is 10.6. The monoisotopic (exact) mass is 283 g/mol.